The van der Waals surface area contributed by atoms with Crippen LogP contribution in [-0.2, 0) is 17.7 Å². The molecule has 0 saturated carbocycles. The number of hydrogen-bond donors (Lipinski definition) is 1. The molecular formula is C21H29N3O3. The summed E-state index contributed by atoms with van der Waals surface area (Å²) in [6.45, 7) is 6.96. The van der Waals surface area contributed by atoms with Gasteiger partial charge in [-0.05, 0) is 29.5 Å². The zero-order valence-corrected chi connectivity index (χ0v) is 16.6. The van der Waals surface area contributed by atoms with E-state index in [2.05, 4.69) is 55.5 Å². The van der Waals surface area contributed by atoms with Gasteiger partial charge in [-0.3, -0.25) is 9.59 Å². The van der Waals surface area contributed by atoms with Crippen molar-refractivity contribution in [1.29, 1.82) is 0 Å². The van der Waals surface area contributed by atoms with Crippen molar-refractivity contribution in [3.8, 4) is 0 Å². The number of methoxy groups -OCH3 is 1. The van der Waals surface area contributed by atoms with Gasteiger partial charge in [0.05, 0.1) is 19.2 Å². The van der Waals surface area contributed by atoms with Gasteiger partial charge in [0.2, 0.25) is 0 Å². The molecule has 2 rings (SSSR count). The van der Waals surface area contributed by atoms with Crippen LogP contribution in [0.2, 0.25) is 0 Å². The SMILES string of the molecule is CCCc1ccc(C(NC(=O)c2ccc(=O)n(CCOC)n2)C(C)C)cc1. The van der Waals surface area contributed by atoms with Crippen LogP contribution >= 0.6 is 0 Å². The number of hydrogen-bond acceptors (Lipinski definition) is 4. The molecule has 0 saturated heterocycles. The Labute approximate surface area is 160 Å². The molecule has 0 radical (unpaired) electrons. The lowest BCUT2D eigenvalue weighted by Crippen LogP contribution is -2.34. The lowest BCUT2D eigenvalue weighted by Gasteiger charge is -2.23. The van der Waals surface area contributed by atoms with Gasteiger partial charge >= 0.3 is 0 Å². The Morgan fingerprint density at radius 2 is 1.89 bits per heavy atom. The molecule has 0 aliphatic carbocycles. The molecule has 1 aromatic heterocycles. The minimum Gasteiger partial charge on any atom is -0.383 e. The van der Waals surface area contributed by atoms with Crippen molar-refractivity contribution in [2.24, 2.45) is 5.92 Å². The molecule has 1 amide bonds. The average Bonchev–Trinajstić information content (AvgIpc) is 2.66. The topological polar surface area (TPSA) is 73.2 Å². The standard InChI is InChI=1S/C21H29N3O3/c1-5-6-16-7-9-17(10-8-16)20(15(2)3)22-21(26)18-11-12-19(25)24(23-18)13-14-27-4/h7-12,15,20H,5-6,13-14H2,1-4H3,(H,22,26). The quantitative estimate of drug-likeness (QED) is 0.735. The van der Waals surface area contributed by atoms with E-state index < -0.39 is 0 Å². The van der Waals surface area contributed by atoms with Crippen molar-refractivity contribution in [3.63, 3.8) is 0 Å². The van der Waals surface area contributed by atoms with E-state index in [1.54, 1.807) is 7.11 Å². The summed E-state index contributed by atoms with van der Waals surface area (Å²) in [4.78, 5) is 24.6. The monoisotopic (exact) mass is 371 g/mol. The second-order valence-corrected chi connectivity index (χ2v) is 6.96. The van der Waals surface area contributed by atoms with Crippen molar-refractivity contribution < 1.29 is 9.53 Å². The number of carbonyl (C=O) groups is 1. The third-order valence-electron chi connectivity index (χ3n) is 4.44. The predicted octanol–water partition coefficient (Wildman–Crippen LogP) is 2.97. The van der Waals surface area contributed by atoms with Crippen LogP contribution in [0.5, 0.6) is 0 Å². The highest BCUT2D eigenvalue weighted by molar-refractivity contribution is 5.92. The maximum Gasteiger partial charge on any atom is 0.272 e. The summed E-state index contributed by atoms with van der Waals surface area (Å²) in [5.74, 6) is -0.0807. The summed E-state index contributed by atoms with van der Waals surface area (Å²) in [6.07, 6.45) is 2.15. The molecule has 1 atom stereocenters. The van der Waals surface area contributed by atoms with Crippen molar-refractivity contribution in [2.75, 3.05) is 13.7 Å². The predicted molar refractivity (Wildman–Crippen MR) is 106 cm³/mol. The summed E-state index contributed by atoms with van der Waals surface area (Å²) in [5, 5.41) is 7.22. The van der Waals surface area contributed by atoms with E-state index in [1.165, 1.54) is 22.4 Å². The highest BCUT2D eigenvalue weighted by Gasteiger charge is 2.20. The van der Waals surface area contributed by atoms with Crippen LogP contribution in [0.3, 0.4) is 0 Å². The first-order valence-corrected chi connectivity index (χ1v) is 9.43. The Balaban J connectivity index is 2.18. The third kappa shape index (κ3) is 5.76. The Bertz CT molecular complexity index is 797. The largest absolute Gasteiger partial charge is 0.383 e. The van der Waals surface area contributed by atoms with Crippen LogP contribution in [0.4, 0.5) is 0 Å². The maximum absolute atomic E-state index is 12.7. The molecule has 0 fully saturated rings. The van der Waals surface area contributed by atoms with Gasteiger partial charge in [0.25, 0.3) is 11.5 Å². The molecule has 1 aromatic carbocycles. The van der Waals surface area contributed by atoms with Gasteiger partial charge in [-0.15, -0.1) is 0 Å². The number of carbonyl (C=O) groups excluding carboxylic acids is 1. The number of nitrogens with zero attached hydrogens (tertiary/aromatic N) is 2. The van der Waals surface area contributed by atoms with Crippen LogP contribution in [0, 0.1) is 5.92 Å². The molecular weight excluding hydrogens is 342 g/mol. The van der Waals surface area contributed by atoms with Crippen LogP contribution in [-0.4, -0.2) is 29.4 Å². The summed E-state index contributed by atoms with van der Waals surface area (Å²) in [7, 11) is 1.56. The van der Waals surface area contributed by atoms with Gasteiger partial charge < -0.3 is 10.1 Å². The van der Waals surface area contributed by atoms with Gasteiger partial charge in [-0.1, -0.05) is 51.5 Å². The Hall–Kier alpha value is -2.47. The van der Waals surface area contributed by atoms with Gasteiger partial charge in [-0.2, -0.15) is 5.10 Å². The highest BCUT2D eigenvalue weighted by atomic mass is 16.5. The summed E-state index contributed by atoms with van der Waals surface area (Å²) < 4.78 is 6.23. The molecule has 1 unspecified atom stereocenters. The third-order valence-corrected chi connectivity index (χ3v) is 4.44. The zero-order valence-electron chi connectivity index (χ0n) is 16.6. The van der Waals surface area contributed by atoms with Crippen molar-refractivity contribution in [1.82, 2.24) is 15.1 Å². The summed E-state index contributed by atoms with van der Waals surface area (Å²) in [5.41, 5.74) is 2.32. The van der Waals surface area contributed by atoms with E-state index in [0.717, 1.165) is 18.4 Å². The highest BCUT2D eigenvalue weighted by Crippen LogP contribution is 2.22. The lowest BCUT2D eigenvalue weighted by molar-refractivity contribution is 0.0916. The Morgan fingerprint density at radius 3 is 2.48 bits per heavy atom. The van der Waals surface area contributed by atoms with Crippen LogP contribution in [0.25, 0.3) is 0 Å². The van der Waals surface area contributed by atoms with Crippen molar-refractivity contribution in [3.05, 3.63) is 63.6 Å². The zero-order chi connectivity index (χ0) is 19.8. The number of aromatic nitrogens is 2. The molecule has 146 valence electrons. The maximum atomic E-state index is 12.7. The van der Waals surface area contributed by atoms with Crippen molar-refractivity contribution >= 4 is 5.91 Å². The molecule has 0 aliphatic heterocycles. The average molecular weight is 371 g/mol. The second-order valence-electron chi connectivity index (χ2n) is 6.96. The molecule has 0 bridgehead atoms. The summed E-state index contributed by atoms with van der Waals surface area (Å²) in [6, 6.07) is 11.1. The van der Waals surface area contributed by atoms with E-state index in [-0.39, 0.29) is 29.1 Å². The van der Waals surface area contributed by atoms with E-state index in [0.29, 0.717) is 13.2 Å². The molecule has 1 heterocycles. The van der Waals surface area contributed by atoms with Gasteiger partial charge in [0.1, 0.15) is 5.69 Å². The fourth-order valence-electron chi connectivity index (χ4n) is 2.94. The first-order valence-electron chi connectivity index (χ1n) is 9.43. The number of nitrogens with one attached hydrogen (secondary N) is 1. The smallest absolute Gasteiger partial charge is 0.272 e. The minimum atomic E-state index is -0.294. The van der Waals surface area contributed by atoms with Crippen LogP contribution < -0.4 is 10.9 Å². The normalized spacial score (nSPS) is 12.2. The molecule has 6 nitrogen and oxygen atoms in total. The number of amides is 1. The number of rotatable bonds is 9. The van der Waals surface area contributed by atoms with E-state index in [9.17, 15) is 9.59 Å². The molecule has 2 aromatic rings. The number of benzene rings is 1. The first kappa shape index (κ1) is 20.8. The van der Waals surface area contributed by atoms with E-state index in [1.807, 2.05) is 0 Å². The van der Waals surface area contributed by atoms with E-state index >= 15 is 0 Å². The number of aryl methyl sites for hydroxylation is 1. The second kappa shape index (κ2) is 10.0. The molecule has 1 N–H and O–H groups in total. The van der Waals surface area contributed by atoms with Crippen LogP contribution in [0.1, 0.15) is 54.8 Å². The fourth-order valence-corrected chi connectivity index (χ4v) is 2.94. The van der Waals surface area contributed by atoms with Gasteiger partial charge in [0, 0.05) is 13.2 Å². The van der Waals surface area contributed by atoms with Crippen molar-refractivity contribution in [2.45, 2.75) is 46.2 Å². The first-order chi connectivity index (χ1) is 13.0. The Morgan fingerprint density at radius 1 is 1.19 bits per heavy atom. The lowest BCUT2D eigenvalue weighted by atomic mass is 9.94. The summed E-state index contributed by atoms with van der Waals surface area (Å²) >= 11 is 0. The van der Waals surface area contributed by atoms with Crippen LogP contribution in [0.15, 0.2) is 41.2 Å². The van der Waals surface area contributed by atoms with Gasteiger partial charge in [-0.25, -0.2) is 4.68 Å². The number of ether oxygens (including phenoxy) is 1. The molecule has 0 spiro atoms. The van der Waals surface area contributed by atoms with Gasteiger partial charge in [0.15, 0.2) is 0 Å². The molecule has 6 heteroatoms. The Kier molecular flexibility index (Phi) is 7.73. The molecule has 0 aliphatic rings. The minimum absolute atomic E-state index is 0.130. The molecule has 27 heavy (non-hydrogen) atoms. The fraction of sp³-hybridized carbons (Fsp3) is 0.476. The van der Waals surface area contributed by atoms with E-state index in [4.69, 9.17) is 4.74 Å².